The smallest absolute Gasteiger partial charge is 0.226 e. The van der Waals surface area contributed by atoms with Crippen LogP contribution in [0.15, 0.2) is 48.8 Å². The maximum Gasteiger partial charge on any atom is 0.226 e. The SMILES string of the molecule is CCOc1ccc(CC(=O)N2CCC(c3c[nH]c4ncccc34)CC2)cc1. The zero-order chi connectivity index (χ0) is 18.6. The molecule has 5 nitrogen and oxygen atoms in total. The predicted molar refractivity (Wildman–Crippen MR) is 106 cm³/mol. The second kappa shape index (κ2) is 7.82. The molecule has 0 aliphatic carbocycles. The Balaban J connectivity index is 1.35. The molecule has 5 heteroatoms. The number of nitrogens with zero attached hydrogens (tertiary/aromatic N) is 2. The van der Waals surface area contributed by atoms with E-state index in [1.54, 1.807) is 0 Å². The van der Waals surface area contributed by atoms with Crippen molar-refractivity contribution >= 4 is 16.9 Å². The third kappa shape index (κ3) is 3.82. The fourth-order valence-corrected chi connectivity index (χ4v) is 3.91. The van der Waals surface area contributed by atoms with Gasteiger partial charge in [-0.15, -0.1) is 0 Å². The van der Waals surface area contributed by atoms with Crippen molar-refractivity contribution in [3.05, 3.63) is 59.9 Å². The van der Waals surface area contributed by atoms with E-state index in [2.05, 4.69) is 22.2 Å². The molecule has 1 saturated heterocycles. The number of hydrogen-bond acceptors (Lipinski definition) is 3. The third-order valence-corrected chi connectivity index (χ3v) is 5.36. The molecule has 0 radical (unpaired) electrons. The Labute approximate surface area is 159 Å². The number of rotatable bonds is 5. The lowest BCUT2D eigenvalue weighted by Gasteiger charge is -2.32. The van der Waals surface area contributed by atoms with Gasteiger partial charge in [0.25, 0.3) is 0 Å². The van der Waals surface area contributed by atoms with Crippen LogP contribution in [0, 0.1) is 0 Å². The quantitative estimate of drug-likeness (QED) is 0.748. The van der Waals surface area contributed by atoms with Gasteiger partial charge in [0.2, 0.25) is 5.91 Å². The van der Waals surface area contributed by atoms with Crippen LogP contribution in [0.1, 0.15) is 36.8 Å². The van der Waals surface area contributed by atoms with Crippen molar-refractivity contribution in [1.82, 2.24) is 14.9 Å². The molecule has 1 aliphatic rings. The minimum atomic E-state index is 0.207. The van der Waals surface area contributed by atoms with E-state index >= 15 is 0 Å². The van der Waals surface area contributed by atoms with E-state index in [0.717, 1.165) is 42.9 Å². The molecule has 1 amide bonds. The summed E-state index contributed by atoms with van der Waals surface area (Å²) in [6.07, 6.45) is 6.34. The summed E-state index contributed by atoms with van der Waals surface area (Å²) in [5, 5.41) is 1.21. The third-order valence-electron chi connectivity index (χ3n) is 5.36. The van der Waals surface area contributed by atoms with Crippen LogP contribution >= 0.6 is 0 Å². The molecule has 0 spiro atoms. The Morgan fingerprint density at radius 3 is 2.74 bits per heavy atom. The highest BCUT2D eigenvalue weighted by molar-refractivity contribution is 5.81. The van der Waals surface area contributed by atoms with Crippen LogP contribution in [0.3, 0.4) is 0 Å². The van der Waals surface area contributed by atoms with E-state index in [1.165, 1.54) is 10.9 Å². The van der Waals surface area contributed by atoms with Gasteiger partial charge in [-0.3, -0.25) is 4.79 Å². The van der Waals surface area contributed by atoms with Gasteiger partial charge in [-0.05, 0) is 61.1 Å². The number of aromatic amines is 1. The first kappa shape index (κ1) is 17.6. The minimum Gasteiger partial charge on any atom is -0.494 e. The number of amides is 1. The van der Waals surface area contributed by atoms with Crippen molar-refractivity contribution < 1.29 is 9.53 Å². The van der Waals surface area contributed by atoms with Crippen molar-refractivity contribution in [3.8, 4) is 5.75 Å². The lowest BCUT2D eigenvalue weighted by molar-refractivity contribution is -0.131. The number of ether oxygens (including phenoxy) is 1. The summed E-state index contributed by atoms with van der Waals surface area (Å²) < 4.78 is 5.46. The molecular weight excluding hydrogens is 338 g/mol. The lowest BCUT2D eigenvalue weighted by Crippen LogP contribution is -2.38. The Morgan fingerprint density at radius 2 is 2.00 bits per heavy atom. The number of carbonyl (C=O) groups excluding carboxylic acids is 1. The Kier molecular flexibility index (Phi) is 5.10. The van der Waals surface area contributed by atoms with Crippen LogP contribution in [0.25, 0.3) is 11.0 Å². The van der Waals surface area contributed by atoms with Crippen LogP contribution in [0.4, 0.5) is 0 Å². The van der Waals surface area contributed by atoms with E-state index in [4.69, 9.17) is 4.74 Å². The normalized spacial score (nSPS) is 15.2. The van der Waals surface area contributed by atoms with Gasteiger partial charge >= 0.3 is 0 Å². The summed E-state index contributed by atoms with van der Waals surface area (Å²) in [6, 6.07) is 11.9. The van der Waals surface area contributed by atoms with Crippen molar-refractivity contribution in [2.45, 2.75) is 32.1 Å². The molecule has 1 fully saturated rings. The molecule has 140 valence electrons. The monoisotopic (exact) mass is 363 g/mol. The van der Waals surface area contributed by atoms with E-state index in [-0.39, 0.29) is 5.91 Å². The molecule has 2 aromatic heterocycles. The maximum atomic E-state index is 12.7. The summed E-state index contributed by atoms with van der Waals surface area (Å²) in [7, 11) is 0. The van der Waals surface area contributed by atoms with Gasteiger partial charge in [0.15, 0.2) is 0 Å². The summed E-state index contributed by atoms with van der Waals surface area (Å²) in [6.45, 7) is 4.24. The number of nitrogens with one attached hydrogen (secondary N) is 1. The van der Waals surface area contributed by atoms with Crippen LogP contribution in [0.5, 0.6) is 5.75 Å². The maximum absolute atomic E-state index is 12.7. The first-order valence-electron chi connectivity index (χ1n) is 9.66. The van der Waals surface area contributed by atoms with Crippen LogP contribution in [0.2, 0.25) is 0 Å². The molecule has 3 heterocycles. The van der Waals surface area contributed by atoms with E-state index in [0.29, 0.717) is 18.9 Å². The number of carbonyl (C=O) groups is 1. The van der Waals surface area contributed by atoms with Gasteiger partial charge in [0.05, 0.1) is 13.0 Å². The van der Waals surface area contributed by atoms with Gasteiger partial charge < -0.3 is 14.6 Å². The number of fused-ring (bicyclic) bond motifs is 1. The zero-order valence-electron chi connectivity index (χ0n) is 15.6. The van der Waals surface area contributed by atoms with Crippen LogP contribution < -0.4 is 4.74 Å². The van der Waals surface area contributed by atoms with Crippen molar-refractivity contribution in [2.24, 2.45) is 0 Å². The molecule has 3 aromatic rings. The van der Waals surface area contributed by atoms with Crippen LogP contribution in [-0.4, -0.2) is 40.5 Å². The topological polar surface area (TPSA) is 58.2 Å². The second-order valence-electron chi connectivity index (χ2n) is 7.05. The number of likely N-dealkylation sites (tertiary alicyclic amines) is 1. The van der Waals surface area contributed by atoms with Crippen molar-refractivity contribution in [1.29, 1.82) is 0 Å². The second-order valence-corrected chi connectivity index (χ2v) is 7.05. The highest BCUT2D eigenvalue weighted by atomic mass is 16.5. The highest BCUT2D eigenvalue weighted by Gasteiger charge is 2.25. The Morgan fingerprint density at radius 1 is 1.22 bits per heavy atom. The standard InChI is InChI=1S/C22H25N3O2/c1-2-27-18-7-5-16(6-8-18)14-21(26)25-12-9-17(10-13-25)20-15-24-22-19(20)4-3-11-23-22/h3-8,11,15,17H,2,9-10,12-14H2,1H3,(H,23,24). The van der Waals surface area contributed by atoms with Gasteiger partial charge in [-0.25, -0.2) is 4.98 Å². The molecule has 0 unspecified atom stereocenters. The number of aromatic nitrogens is 2. The summed E-state index contributed by atoms with van der Waals surface area (Å²) in [4.78, 5) is 22.3. The first-order valence-corrected chi connectivity index (χ1v) is 9.66. The van der Waals surface area contributed by atoms with Gasteiger partial charge in [-0.1, -0.05) is 12.1 Å². The largest absolute Gasteiger partial charge is 0.494 e. The highest BCUT2D eigenvalue weighted by Crippen LogP contribution is 2.32. The number of pyridine rings is 1. The molecule has 27 heavy (non-hydrogen) atoms. The molecule has 0 bridgehead atoms. The van der Waals surface area contributed by atoms with Crippen molar-refractivity contribution in [2.75, 3.05) is 19.7 Å². The number of H-pyrrole nitrogens is 1. The summed E-state index contributed by atoms with van der Waals surface area (Å²) in [5.41, 5.74) is 3.31. The van der Waals surface area contributed by atoms with Crippen LogP contribution in [-0.2, 0) is 11.2 Å². The minimum absolute atomic E-state index is 0.207. The summed E-state index contributed by atoms with van der Waals surface area (Å²) >= 11 is 0. The zero-order valence-corrected chi connectivity index (χ0v) is 15.6. The molecule has 1 N–H and O–H groups in total. The molecule has 1 aliphatic heterocycles. The van der Waals surface area contributed by atoms with Gasteiger partial charge in [-0.2, -0.15) is 0 Å². The Hall–Kier alpha value is -2.82. The molecule has 0 atom stereocenters. The number of benzene rings is 1. The van der Waals surface area contributed by atoms with E-state index in [1.807, 2.05) is 48.4 Å². The fourth-order valence-electron chi connectivity index (χ4n) is 3.91. The average molecular weight is 363 g/mol. The summed E-state index contributed by atoms with van der Waals surface area (Å²) in [5.74, 6) is 1.54. The molecule has 1 aromatic carbocycles. The molecule has 4 rings (SSSR count). The van der Waals surface area contributed by atoms with Crippen molar-refractivity contribution in [3.63, 3.8) is 0 Å². The van der Waals surface area contributed by atoms with Gasteiger partial charge in [0, 0.05) is 30.9 Å². The Bertz CT molecular complexity index is 909. The lowest BCUT2D eigenvalue weighted by atomic mass is 9.89. The van der Waals surface area contributed by atoms with E-state index < -0.39 is 0 Å². The number of piperidine rings is 1. The van der Waals surface area contributed by atoms with Gasteiger partial charge in [0.1, 0.15) is 11.4 Å². The number of hydrogen-bond donors (Lipinski definition) is 1. The predicted octanol–water partition coefficient (Wildman–Crippen LogP) is 3.91. The fraction of sp³-hybridized carbons (Fsp3) is 0.364. The molecule has 0 saturated carbocycles. The van der Waals surface area contributed by atoms with E-state index in [9.17, 15) is 4.79 Å². The first-order chi connectivity index (χ1) is 13.2. The average Bonchev–Trinajstić information content (AvgIpc) is 3.14. The molecular formula is C22H25N3O2.